The normalized spacial score (nSPS) is 9.00. The third kappa shape index (κ3) is 2.55. The Kier molecular flexibility index (Phi) is 2.97. The first-order valence-electron chi connectivity index (χ1n) is 3.44. The summed E-state index contributed by atoms with van der Waals surface area (Å²) in [4.78, 5) is 25.2. The number of carbonyl (C=O) groups excluding carboxylic acids is 2. The molecule has 0 bridgehead atoms. The molecule has 0 saturated carbocycles. The van der Waals surface area contributed by atoms with Crippen LogP contribution in [0.4, 0.5) is 4.79 Å². The van der Waals surface area contributed by atoms with Gasteiger partial charge in [0.25, 0.3) is 0 Å². The minimum atomic E-state index is -1.03. The van der Waals surface area contributed by atoms with Crippen LogP contribution >= 0.6 is 0 Å². The lowest BCUT2D eigenvalue weighted by atomic mass is 10.3. The van der Waals surface area contributed by atoms with Crippen molar-refractivity contribution >= 4 is 12.1 Å². The van der Waals surface area contributed by atoms with Gasteiger partial charge < -0.3 is 9.47 Å². The summed E-state index contributed by atoms with van der Waals surface area (Å²) in [6.45, 7) is 0. The number of aromatic nitrogens is 1. The Balaban J connectivity index is 2.65. The third-order valence-electron chi connectivity index (χ3n) is 1.24. The fourth-order valence-corrected chi connectivity index (χ4v) is 0.660. The van der Waals surface area contributed by atoms with Gasteiger partial charge in [-0.2, -0.15) is 0 Å². The van der Waals surface area contributed by atoms with E-state index in [0.29, 0.717) is 0 Å². The Morgan fingerprint density at radius 3 is 2.77 bits per heavy atom. The highest BCUT2D eigenvalue weighted by Gasteiger charge is 2.12. The van der Waals surface area contributed by atoms with Gasteiger partial charge in [-0.1, -0.05) is 0 Å². The molecule has 0 aliphatic carbocycles. The fourth-order valence-electron chi connectivity index (χ4n) is 0.660. The van der Waals surface area contributed by atoms with E-state index in [-0.39, 0.29) is 5.56 Å². The molecule has 0 aromatic carbocycles. The van der Waals surface area contributed by atoms with Gasteiger partial charge in [0.2, 0.25) is 0 Å². The zero-order chi connectivity index (χ0) is 9.68. The molecule has 0 spiro atoms. The first-order valence-corrected chi connectivity index (χ1v) is 3.44. The molecule has 1 aromatic rings. The van der Waals surface area contributed by atoms with Gasteiger partial charge in [0.05, 0.1) is 12.7 Å². The third-order valence-corrected chi connectivity index (χ3v) is 1.24. The monoisotopic (exact) mass is 181 g/mol. The summed E-state index contributed by atoms with van der Waals surface area (Å²) < 4.78 is 8.39. The minimum absolute atomic E-state index is 0.202. The molecule has 68 valence electrons. The molecule has 0 aliphatic rings. The zero-order valence-corrected chi connectivity index (χ0v) is 6.89. The van der Waals surface area contributed by atoms with Crippen LogP contribution in [0.5, 0.6) is 0 Å². The van der Waals surface area contributed by atoms with Crippen molar-refractivity contribution in [1.29, 1.82) is 0 Å². The summed E-state index contributed by atoms with van der Waals surface area (Å²) in [5.74, 6) is -0.778. The molecule has 1 heterocycles. The SMILES string of the molecule is COC(=O)OC(=O)c1cccnc1. The average molecular weight is 181 g/mol. The van der Waals surface area contributed by atoms with Crippen molar-refractivity contribution in [1.82, 2.24) is 4.98 Å². The van der Waals surface area contributed by atoms with Crippen LogP contribution in [0.1, 0.15) is 10.4 Å². The van der Waals surface area contributed by atoms with E-state index in [9.17, 15) is 9.59 Å². The lowest BCUT2D eigenvalue weighted by Crippen LogP contribution is -2.12. The van der Waals surface area contributed by atoms with E-state index in [1.807, 2.05) is 0 Å². The number of carbonyl (C=O) groups is 2. The topological polar surface area (TPSA) is 65.5 Å². The van der Waals surface area contributed by atoms with Crippen LogP contribution in [0.3, 0.4) is 0 Å². The van der Waals surface area contributed by atoms with Crippen LogP contribution in [0.2, 0.25) is 0 Å². The van der Waals surface area contributed by atoms with Gasteiger partial charge in [-0.3, -0.25) is 4.98 Å². The molecule has 0 unspecified atom stereocenters. The van der Waals surface area contributed by atoms with E-state index in [1.54, 1.807) is 6.07 Å². The minimum Gasteiger partial charge on any atom is -0.437 e. The molecule has 1 rings (SSSR count). The molecule has 0 atom stereocenters. The summed E-state index contributed by atoms with van der Waals surface area (Å²) in [7, 11) is 1.12. The summed E-state index contributed by atoms with van der Waals surface area (Å²) in [6.07, 6.45) is 1.77. The van der Waals surface area contributed by atoms with Gasteiger partial charge in [-0.05, 0) is 12.1 Å². The molecule has 5 heteroatoms. The average Bonchev–Trinajstić information content (AvgIpc) is 2.19. The quantitative estimate of drug-likeness (QED) is 0.477. The molecular formula is C8H7NO4. The molecule has 0 aliphatic heterocycles. The molecular weight excluding hydrogens is 174 g/mol. The molecule has 1 aromatic heterocycles. The van der Waals surface area contributed by atoms with Gasteiger partial charge in [0, 0.05) is 12.4 Å². The van der Waals surface area contributed by atoms with Crippen molar-refractivity contribution in [3.63, 3.8) is 0 Å². The van der Waals surface area contributed by atoms with Crippen molar-refractivity contribution < 1.29 is 19.1 Å². The number of rotatable bonds is 1. The molecule has 13 heavy (non-hydrogen) atoms. The van der Waals surface area contributed by atoms with Crippen LogP contribution in [0.15, 0.2) is 24.5 Å². The number of ether oxygens (including phenoxy) is 2. The van der Waals surface area contributed by atoms with Crippen LogP contribution in [-0.2, 0) is 9.47 Å². The Labute approximate surface area is 74.3 Å². The fraction of sp³-hybridized carbons (Fsp3) is 0.125. The number of esters is 1. The first kappa shape index (κ1) is 9.18. The van der Waals surface area contributed by atoms with Crippen molar-refractivity contribution in [2.45, 2.75) is 0 Å². The molecule has 0 radical (unpaired) electrons. The van der Waals surface area contributed by atoms with E-state index in [0.717, 1.165) is 7.11 Å². The Morgan fingerprint density at radius 1 is 1.46 bits per heavy atom. The van der Waals surface area contributed by atoms with Crippen molar-refractivity contribution in [2.75, 3.05) is 7.11 Å². The summed E-state index contributed by atoms with van der Waals surface area (Å²) >= 11 is 0. The maximum atomic E-state index is 11.1. The standard InChI is InChI=1S/C8H7NO4/c1-12-8(11)13-7(10)6-3-2-4-9-5-6/h2-5H,1H3. The smallest absolute Gasteiger partial charge is 0.437 e. The lowest BCUT2D eigenvalue weighted by Gasteiger charge is -1.99. The van der Waals surface area contributed by atoms with Crippen molar-refractivity contribution in [2.24, 2.45) is 0 Å². The highest BCUT2D eigenvalue weighted by Crippen LogP contribution is 1.99. The number of methoxy groups -OCH3 is 1. The maximum absolute atomic E-state index is 11.1. The van der Waals surface area contributed by atoms with E-state index < -0.39 is 12.1 Å². The lowest BCUT2D eigenvalue weighted by molar-refractivity contribution is 0.0451. The second-order valence-electron chi connectivity index (χ2n) is 2.09. The largest absolute Gasteiger partial charge is 0.516 e. The molecule has 0 saturated heterocycles. The van der Waals surface area contributed by atoms with Gasteiger partial charge in [0.1, 0.15) is 0 Å². The molecule has 0 amide bonds. The van der Waals surface area contributed by atoms with Crippen LogP contribution in [0, 0.1) is 0 Å². The molecule has 0 N–H and O–H groups in total. The molecule has 5 nitrogen and oxygen atoms in total. The van der Waals surface area contributed by atoms with Crippen molar-refractivity contribution in [3.8, 4) is 0 Å². The number of hydrogen-bond donors (Lipinski definition) is 0. The van der Waals surface area contributed by atoms with E-state index in [4.69, 9.17) is 0 Å². The van der Waals surface area contributed by atoms with E-state index in [1.165, 1.54) is 18.5 Å². The van der Waals surface area contributed by atoms with E-state index >= 15 is 0 Å². The number of pyridine rings is 1. The van der Waals surface area contributed by atoms with Gasteiger partial charge >= 0.3 is 12.1 Å². The Hall–Kier alpha value is -1.91. The highest BCUT2D eigenvalue weighted by atomic mass is 16.7. The van der Waals surface area contributed by atoms with Gasteiger partial charge in [-0.25, -0.2) is 9.59 Å². The Morgan fingerprint density at radius 2 is 2.23 bits per heavy atom. The maximum Gasteiger partial charge on any atom is 0.516 e. The van der Waals surface area contributed by atoms with Crippen LogP contribution in [-0.4, -0.2) is 24.2 Å². The van der Waals surface area contributed by atoms with Gasteiger partial charge in [-0.15, -0.1) is 0 Å². The Bertz CT molecular complexity index is 309. The summed E-state index contributed by atoms with van der Waals surface area (Å²) in [5.41, 5.74) is 0.202. The van der Waals surface area contributed by atoms with Crippen molar-refractivity contribution in [3.05, 3.63) is 30.1 Å². The summed E-state index contributed by atoms with van der Waals surface area (Å²) in [6, 6.07) is 3.05. The second-order valence-corrected chi connectivity index (χ2v) is 2.09. The molecule has 0 fully saturated rings. The number of hydrogen-bond acceptors (Lipinski definition) is 5. The predicted octanol–water partition coefficient (Wildman–Crippen LogP) is 1.00. The zero-order valence-electron chi connectivity index (χ0n) is 6.89. The van der Waals surface area contributed by atoms with Crippen LogP contribution in [0.25, 0.3) is 0 Å². The second kappa shape index (κ2) is 4.20. The predicted molar refractivity (Wildman–Crippen MR) is 42.1 cm³/mol. The highest BCUT2D eigenvalue weighted by molar-refractivity contribution is 5.94. The van der Waals surface area contributed by atoms with Gasteiger partial charge in [0.15, 0.2) is 0 Å². The number of nitrogens with zero attached hydrogens (tertiary/aromatic N) is 1. The summed E-state index contributed by atoms with van der Waals surface area (Å²) in [5, 5.41) is 0. The van der Waals surface area contributed by atoms with E-state index in [2.05, 4.69) is 14.5 Å². The first-order chi connectivity index (χ1) is 6.24. The van der Waals surface area contributed by atoms with Crippen LogP contribution < -0.4 is 0 Å².